The number of likely N-dealkylation sites (N-methyl/N-ethyl adjacent to an activating group) is 1. The number of aromatic nitrogens is 2. The largest absolute Gasteiger partial charge is 0.492 e. The van der Waals surface area contributed by atoms with Crippen LogP contribution in [0.4, 0.5) is 0 Å². The first kappa shape index (κ1) is 15.3. The highest BCUT2D eigenvalue weighted by molar-refractivity contribution is 5.60. The van der Waals surface area contributed by atoms with E-state index in [1.807, 2.05) is 51.4 Å². The van der Waals surface area contributed by atoms with Crippen LogP contribution in [0.5, 0.6) is 5.75 Å². The fourth-order valence-electron chi connectivity index (χ4n) is 2.06. The molecule has 0 saturated carbocycles. The molecule has 0 aliphatic heterocycles. The SMILES string of the molecule is Cc1cc(-c2nc(-c3ccc(OCCN(C)C)cc3)no2)co1. The van der Waals surface area contributed by atoms with Crippen molar-refractivity contribution in [3.8, 4) is 28.6 Å². The molecular weight excluding hydrogens is 294 g/mol. The van der Waals surface area contributed by atoms with Crippen molar-refractivity contribution in [2.75, 3.05) is 27.2 Å². The summed E-state index contributed by atoms with van der Waals surface area (Å²) >= 11 is 0. The average molecular weight is 313 g/mol. The van der Waals surface area contributed by atoms with E-state index in [9.17, 15) is 0 Å². The van der Waals surface area contributed by atoms with Gasteiger partial charge in [0.15, 0.2) is 0 Å². The minimum Gasteiger partial charge on any atom is -0.492 e. The minimum absolute atomic E-state index is 0.447. The van der Waals surface area contributed by atoms with E-state index < -0.39 is 0 Å². The van der Waals surface area contributed by atoms with Crippen LogP contribution in [0.15, 0.2) is 45.5 Å². The van der Waals surface area contributed by atoms with E-state index in [0.29, 0.717) is 18.3 Å². The molecule has 2 aromatic heterocycles. The van der Waals surface area contributed by atoms with Crippen LogP contribution < -0.4 is 4.74 Å². The zero-order valence-corrected chi connectivity index (χ0v) is 13.4. The van der Waals surface area contributed by atoms with Crippen LogP contribution in [0, 0.1) is 6.92 Å². The van der Waals surface area contributed by atoms with Gasteiger partial charge in [0.05, 0.1) is 5.56 Å². The molecule has 0 aliphatic carbocycles. The molecule has 0 aliphatic rings. The summed E-state index contributed by atoms with van der Waals surface area (Å²) in [6, 6.07) is 9.51. The molecule has 0 fully saturated rings. The zero-order valence-electron chi connectivity index (χ0n) is 13.4. The summed E-state index contributed by atoms with van der Waals surface area (Å²) in [4.78, 5) is 6.47. The first-order chi connectivity index (χ1) is 11.1. The maximum Gasteiger partial charge on any atom is 0.261 e. The summed E-state index contributed by atoms with van der Waals surface area (Å²) < 4.78 is 16.2. The third kappa shape index (κ3) is 3.78. The standard InChI is InChI=1S/C17H19N3O3/c1-12-10-14(11-22-12)17-18-16(19-23-17)13-4-6-15(7-5-13)21-9-8-20(2)3/h4-7,10-11H,8-9H2,1-3H3. The summed E-state index contributed by atoms with van der Waals surface area (Å²) in [5.74, 6) is 2.62. The molecule has 6 heteroatoms. The topological polar surface area (TPSA) is 64.5 Å². The molecule has 120 valence electrons. The van der Waals surface area contributed by atoms with E-state index in [-0.39, 0.29) is 0 Å². The average Bonchev–Trinajstić information content (AvgIpc) is 3.16. The van der Waals surface area contributed by atoms with Crippen molar-refractivity contribution in [1.29, 1.82) is 0 Å². The fourth-order valence-corrected chi connectivity index (χ4v) is 2.06. The Bertz CT molecular complexity index is 759. The zero-order chi connectivity index (χ0) is 16.2. The number of nitrogens with zero attached hydrogens (tertiary/aromatic N) is 3. The van der Waals surface area contributed by atoms with Crippen molar-refractivity contribution in [2.45, 2.75) is 6.92 Å². The smallest absolute Gasteiger partial charge is 0.261 e. The molecule has 0 atom stereocenters. The Morgan fingerprint density at radius 3 is 2.57 bits per heavy atom. The summed E-state index contributed by atoms with van der Waals surface area (Å²) in [5.41, 5.74) is 1.66. The molecule has 0 radical (unpaired) electrons. The second kappa shape index (κ2) is 6.66. The number of furan rings is 1. The summed E-state index contributed by atoms with van der Waals surface area (Å²) in [6.07, 6.45) is 1.61. The Labute approximate surface area is 134 Å². The first-order valence-electron chi connectivity index (χ1n) is 7.39. The molecule has 3 aromatic rings. The lowest BCUT2D eigenvalue weighted by atomic mass is 10.2. The number of benzene rings is 1. The van der Waals surface area contributed by atoms with Crippen LogP contribution in [-0.4, -0.2) is 42.3 Å². The summed E-state index contributed by atoms with van der Waals surface area (Å²) in [5, 5.41) is 4.01. The van der Waals surface area contributed by atoms with Crippen LogP contribution in [0.1, 0.15) is 5.76 Å². The lowest BCUT2D eigenvalue weighted by Gasteiger charge is -2.10. The van der Waals surface area contributed by atoms with Crippen molar-refractivity contribution in [2.24, 2.45) is 0 Å². The van der Waals surface area contributed by atoms with E-state index in [1.54, 1.807) is 6.26 Å². The Morgan fingerprint density at radius 2 is 1.91 bits per heavy atom. The number of ether oxygens (including phenoxy) is 1. The maximum absolute atomic E-state index is 5.67. The third-order valence-corrected chi connectivity index (χ3v) is 3.32. The summed E-state index contributed by atoms with van der Waals surface area (Å²) in [7, 11) is 4.03. The molecule has 2 heterocycles. The molecule has 0 bridgehead atoms. The van der Waals surface area contributed by atoms with Crippen LogP contribution >= 0.6 is 0 Å². The van der Waals surface area contributed by atoms with Gasteiger partial charge in [-0.1, -0.05) is 5.16 Å². The van der Waals surface area contributed by atoms with Crippen LogP contribution in [0.2, 0.25) is 0 Å². The molecule has 0 amide bonds. The Kier molecular flexibility index (Phi) is 4.43. The summed E-state index contributed by atoms with van der Waals surface area (Å²) in [6.45, 7) is 3.40. The van der Waals surface area contributed by atoms with Gasteiger partial charge in [0, 0.05) is 12.1 Å². The van der Waals surface area contributed by atoms with Crippen molar-refractivity contribution >= 4 is 0 Å². The molecule has 0 N–H and O–H groups in total. The molecule has 0 spiro atoms. The van der Waals surface area contributed by atoms with E-state index in [1.165, 1.54) is 0 Å². The quantitative estimate of drug-likeness (QED) is 0.696. The van der Waals surface area contributed by atoms with E-state index in [0.717, 1.165) is 29.2 Å². The lowest BCUT2D eigenvalue weighted by molar-refractivity contribution is 0.261. The Balaban J connectivity index is 1.69. The minimum atomic E-state index is 0.447. The number of hydrogen-bond acceptors (Lipinski definition) is 6. The van der Waals surface area contributed by atoms with Crippen LogP contribution in [0.25, 0.3) is 22.8 Å². The lowest BCUT2D eigenvalue weighted by Crippen LogP contribution is -2.19. The van der Waals surface area contributed by atoms with Crippen LogP contribution in [-0.2, 0) is 0 Å². The third-order valence-electron chi connectivity index (χ3n) is 3.32. The van der Waals surface area contributed by atoms with Gasteiger partial charge in [0.2, 0.25) is 5.82 Å². The molecule has 0 saturated heterocycles. The van der Waals surface area contributed by atoms with E-state index in [4.69, 9.17) is 13.7 Å². The van der Waals surface area contributed by atoms with E-state index >= 15 is 0 Å². The van der Waals surface area contributed by atoms with Crippen LogP contribution in [0.3, 0.4) is 0 Å². The highest BCUT2D eigenvalue weighted by atomic mass is 16.5. The van der Waals surface area contributed by atoms with Crippen molar-refractivity contribution in [1.82, 2.24) is 15.0 Å². The van der Waals surface area contributed by atoms with Gasteiger partial charge in [-0.15, -0.1) is 0 Å². The van der Waals surface area contributed by atoms with Gasteiger partial charge in [-0.3, -0.25) is 0 Å². The van der Waals surface area contributed by atoms with Crippen molar-refractivity contribution in [3.63, 3.8) is 0 Å². The predicted molar refractivity (Wildman–Crippen MR) is 86.2 cm³/mol. The van der Waals surface area contributed by atoms with Gasteiger partial charge in [0.1, 0.15) is 24.4 Å². The van der Waals surface area contributed by atoms with Crippen molar-refractivity contribution in [3.05, 3.63) is 42.4 Å². The first-order valence-corrected chi connectivity index (χ1v) is 7.39. The number of hydrogen-bond donors (Lipinski definition) is 0. The molecule has 6 nitrogen and oxygen atoms in total. The highest BCUT2D eigenvalue weighted by Crippen LogP contribution is 2.25. The van der Waals surface area contributed by atoms with Gasteiger partial charge in [-0.25, -0.2) is 0 Å². The molecule has 1 aromatic carbocycles. The van der Waals surface area contributed by atoms with Gasteiger partial charge in [-0.05, 0) is 51.4 Å². The number of aryl methyl sites for hydroxylation is 1. The Hall–Kier alpha value is -2.60. The fraction of sp³-hybridized carbons (Fsp3) is 0.294. The highest BCUT2D eigenvalue weighted by Gasteiger charge is 2.12. The van der Waals surface area contributed by atoms with Crippen molar-refractivity contribution < 1.29 is 13.7 Å². The van der Waals surface area contributed by atoms with Gasteiger partial charge in [0.25, 0.3) is 5.89 Å². The Morgan fingerprint density at radius 1 is 1.13 bits per heavy atom. The second-order valence-corrected chi connectivity index (χ2v) is 5.55. The monoisotopic (exact) mass is 313 g/mol. The van der Waals surface area contributed by atoms with Gasteiger partial charge in [-0.2, -0.15) is 4.98 Å². The van der Waals surface area contributed by atoms with Gasteiger partial charge < -0.3 is 18.6 Å². The molecule has 0 unspecified atom stereocenters. The van der Waals surface area contributed by atoms with E-state index in [2.05, 4.69) is 15.0 Å². The molecule has 23 heavy (non-hydrogen) atoms. The second-order valence-electron chi connectivity index (χ2n) is 5.55. The molecule has 3 rings (SSSR count). The normalized spacial score (nSPS) is 11.1. The van der Waals surface area contributed by atoms with Gasteiger partial charge >= 0.3 is 0 Å². The predicted octanol–water partition coefficient (Wildman–Crippen LogP) is 3.25. The maximum atomic E-state index is 5.67. The number of rotatable bonds is 6. The molecular formula is C17H19N3O3.